The van der Waals surface area contributed by atoms with Gasteiger partial charge in [-0.05, 0) is 273 Å². The van der Waals surface area contributed by atoms with E-state index in [2.05, 4.69) is 173 Å². The molecule has 0 amide bonds. The Morgan fingerprint density at radius 2 is 0.867 bits per heavy atom. The van der Waals surface area contributed by atoms with Crippen molar-refractivity contribution in [3.05, 3.63) is 147 Å². The van der Waals surface area contributed by atoms with Gasteiger partial charge in [-0.3, -0.25) is 4.79 Å². The minimum Gasteiger partial charge on any atom is -0.508 e. The highest BCUT2D eigenvalue weighted by atomic mass is 16.5. The first-order chi connectivity index (χ1) is 45.9. The molecule has 5 aromatic rings. The standard InChI is InChI=1S/C36H52O2.C18H24O4.C18H24O3.C16H22O/c1-33(2,3)26-17-23(18-27(31(26)37)34(4,5)6)30(25-16-21-13-14-22(25)15-21)24-19-28(35(7,8)9)32(38)29(20-24)36(10,11)12;1-10-11(2)15-7-13(10)6-14(15)9-22-18(20)12-4-5-16(19)17(8-12)21-3;1-10-11(2)15-7-13(10)6-14(15)8-17(20)12-4-5-16(19)18(9-12)21-3;1-10-11(2)16-9-13(10)8-14(16)7-12-3-5-15(17)6-4-12/h13-14,17-22,25,30,37-38H,15-16H2,1-12H3;4-5,8,10-11,13-15,19H,6-7,9H2,1-3H3;4-5,9-11,13-15,19H,6-8H2,1-3H3;3-6,10-11,13-14,16-17H,7-9H2,1-2H3. The molecule has 10 nitrogen and oxygen atoms in total. The Bertz CT molecular complexity index is 3500. The number of fused-ring (bicyclic) bond motifs is 8. The molecule has 0 aliphatic heterocycles. The first-order valence-electron chi connectivity index (χ1n) is 37.5. The number of carbonyl (C=O) groups is 2. The van der Waals surface area contributed by atoms with E-state index in [4.69, 9.17) is 14.2 Å². The number of esters is 1. The summed E-state index contributed by atoms with van der Waals surface area (Å²) in [5, 5.41) is 51.5. The highest BCUT2D eigenvalue weighted by molar-refractivity contribution is 5.97. The predicted octanol–water partition coefficient (Wildman–Crippen LogP) is 20.9. The molecule has 534 valence electrons. The van der Waals surface area contributed by atoms with Gasteiger partial charge in [0, 0.05) is 17.9 Å². The number of hydrogen-bond donors (Lipinski definition) is 5. The summed E-state index contributed by atoms with van der Waals surface area (Å²) in [4.78, 5) is 24.7. The number of methoxy groups -OCH3 is 2. The summed E-state index contributed by atoms with van der Waals surface area (Å²) in [5.74, 6) is 15.6. The Hall–Kier alpha value is -6.42. The van der Waals surface area contributed by atoms with Crippen LogP contribution in [0.25, 0.3) is 0 Å². The van der Waals surface area contributed by atoms with Crippen LogP contribution in [0, 0.1) is 107 Å². The zero-order valence-electron chi connectivity index (χ0n) is 63.3. The number of phenolic OH excluding ortho intramolecular Hbond substituents is 5. The van der Waals surface area contributed by atoms with Crippen LogP contribution in [-0.2, 0) is 32.8 Å². The number of hydrogen-bond acceptors (Lipinski definition) is 10. The maximum Gasteiger partial charge on any atom is 0.338 e. The minimum absolute atomic E-state index is 0.0231. The van der Waals surface area contributed by atoms with Crippen molar-refractivity contribution in [1.29, 1.82) is 0 Å². The number of rotatable bonds is 13. The van der Waals surface area contributed by atoms with Gasteiger partial charge >= 0.3 is 5.97 Å². The first-order valence-corrected chi connectivity index (χ1v) is 37.5. The van der Waals surface area contributed by atoms with Gasteiger partial charge in [0.2, 0.25) is 0 Å². The first kappa shape index (κ1) is 74.3. The molecule has 10 heteroatoms. The number of benzene rings is 5. The van der Waals surface area contributed by atoms with Gasteiger partial charge in [0.05, 0.1) is 26.4 Å². The smallest absolute Gasteiger partial charge is 0.338 e. The van der Waals surface area contributed by atoms with Crippen LogP contribution in [0.2, 0.25) is 0 Å². The number of Topliss-reactive ketones (excluding diaryl/α,β-unsaturated/α-hetero) is 1. The molecule has 0 saturated heterocycles. The number of aromatic hydroxyl groups is 5. The summed E-state index contributed by atoms with van der Waals surface area (Å²) in [6.07, 6.45) is 17.0. The van der Waals surface area contributed by atoms with E-state index in [9.17, 15) is 35.1 Å². The highest BCUT2D eigenvalue weighted by Crippen LogP contribution is 2.59. The quantitative estimate of drug-likeness (QED) is 0.0436. The lowest BCUT2D eigenvalue weighted by atomic mass is 9.69. The van der Waals surface area contributed by atoms with Crippen LogP contribution in [0.5, 0.6) is 40.2 Å². The van der Waals surface area contributed by atoms with Crippen LogP contribution >= 0.6 is 0 Å². The Kier molecular flexibility index (Phi) is 21.9. The molecule has 7 saturated carbocycles. The summed E-state index contributed by atoms with van der Waals surface area (Å²) in [5.41, 5.74) is 8.43. The molecule has 0 spiro atoms. The van der Waals surface area contributed by atoms with Gasteiger partial charge in [0.15, 0.2) is 28.8 Å². The van der Waals surface area contributed by atoms with Crippen LogP contribution in [0.4, 0.5) is 0 Å². The molecule has 18 atom stereocenters. The molecule has 0 aromatic heterocycles. The largest absolute Gasteiger partial charge is 0.508 e. The molecule has 98 heavy (non-hydrogen) atoms. The van der Waals surface area contributed by atoms with Crippen LogP contribution < -0.4 is 9.47 Å². The molecule has 8 aliphatic rings. The average Bonchev–Trinajstić information content (AvgIpc) is 2.23. The fourth-order valence-corrected chi connectivity index (χ4v) is 20.0. The van der Waals surface area contributed by atoms with Crippen molar-refractivity contribution < 1.29 is 49.3 Å². The Balaban J connectivity index is 0.000000149. The third-order valence-corrected chi connectivity index (χ3v) is 26.3. The normalized spacial score (nSPS) is 30.2. The Labute approximate surface area is 589 Å². The minimum atomic E-state index is -0.346. The molecule has 5 N–H and O–H groups in total. The fourth-order valence-electron chi connectivity index (χ4n) is 20.0. The van der Waals surface area contributed by atoms with Crippen molar-refractivity contribution in [3.63, 3.8) is 0 Å². The van der Waals surface area contributed by atoms with E-state index in [1.54, 1.807) is 18.2 Å². The van der Waals surface area contributed by atoms with E-state index >= 15 is 0 Å². The van der Waals surface area contributed by atoms with E-state index in [0.717, 1.165) is 87.4 Å². The zero-order chi connectivity index (χ0) is 71.6. The maximum absolute atomic E-state index is 12.5. The van der Waals surface area contributed by atoms with E-state index < -0.39 is 0 Å². The third kappa shape index (κ3) is 15.7. The lowest BCUT2D eigenvalue weighted by Crippen LogP contribution is -2.28. The summed E-state index contributed by atoms with van der Waals surface area (Å²) in [6, 6.07) is 26.4. The van der Waals surface area contributed by atoms with Gasteiger partial charge in [-0.25, -0.2) is 4.79 Å². The second kappa shape index (κ2) is 28.9. The second-order valence-electron chi connectivity index (χ2n) is 36.3. The Morgan fingerprint density at radius 3 is 1.27 bits per heavy atom. The van der Waals surface area contributed by atoms with Crippen molar-refractivity contribution in [2.24, 2.45) is 107 Å². The molecule has 5 aromatic carbocycles. The molecule has 7 fully saturated rings. The third-order valence-electron chi connectivity index (χ3n) is 26.3. The number of allylic oxidation sites excluding steroid dienone is 2. The second-order valence-corrected chi connectivity index (χ2v) is 36.3. The van der Waals surface area contributed by atoms with E-state index in [1.807, 2.05) is 12.1 Å². The van der Waals surface area contributed by atoms with E-state index in [0.29, 0.717) is 88.6 Å². The molecule has 0 heterocycles. The molecular formula is C88H122O10. The van der Waals surface area contributed by atoms with Crippen molar-refractivity contribution in [1.82, 2.24) is 0 Å². The SMILES string of the molecule is CC(C)(C)c1cc(C(c2cc(C(C)(C)C)c(O)c(C(C)(C)C)c2)C2CC3C=CC2C3)cc(C(C)(C)C)c1O.CC1C2CC(Cc3ccc(O)cc3)C(C2)C1C.COc1cc(C(=O)CC2CC3CC2C(C)C3C)ccc1O.COc1cc(C(=O)OCC2CC3CC2C(C)C3C)ccc1O. The predicted molar refractivity (Wildman–Crippen MR) is 396 cm³/mol. The summed E-state index contributed by atoms with van der Waals surface area (Å²) >= 11 is 0. The van der Waals surface area contributed by atoms with Gasteiger partial charge < -0.3 is 39.7 Å². The zero-order valence-corrected chi connectivity index (χ0v) is 63.3. The molecule has 8 aliphatic carbocycles. The monoisotopic (exact) mass is 1340 g/mol. The number of carbonyl (C=O) groups excluding carboxylic acids is 2. The number of ether oxygens (including phenoxy) is 3. The fraction of sp³-hybridized carbons (Fsp3) is 0.614. The van der Waals surface area contributed by atoms with Gasteiger partial charge in [-0.1, -0.05) is 173 Å². The van der Waals surface area contributed by atoms with Gasteiger partial charge in [0.25, 0.3) is 0 Å². The number of ketones is 1. The van der Waals surface area contributed by atoms with Gasteiger partial charge in [-0.2, -0.15) is 0 Å². The van der Waals surface area contributed by atoms with Crippen LogP contribution in [-0.4, -0.2) is 58.1 Å². The number of phenols is 5. The Morgan fingerprint density at radius 1 is 0.459 bits per heavy atom. The van der Waals surface area contributed by atoms with E-state index in [1.165, 1.54) is 107 Å². The molecule has 8 bridgehead atoms. The molecule has 13 rings (SSSR count). The van der Waals surface area contributed by atoms with Crippen LogP contribution in [0.15, 0.2) is 97.1 Å². The van der Waals surface area contributed by atoms with Crippen molar-refractivity contribution >= 4 is 11.8 Å². The summed E-state index contributed by atoms with van der Waals surface area (Å²) < 4.78 is 15.6. The van der Waals surface area contributed by atoms with Crippen molar-refractivity contribution in [3.8, 4) is 40.2 Å². The van der Waals surface area contributed by atoms with Crippen LogP contribution in [0.1, 0.15) is 248 Å². The van der Waals surface area contributed by atoms with Crippen molar-refractivity contribution in [2.45, 2.75) is 216 Å². The molecular weight excluding hydrogens is 1220 g/mol. The lowest BCUT2D eigenvalue weighted by molar-refractivity contribution is 0.0336. The van der Waals surface area contributed by atoms with E-state index in [-0.39, 0.29) is 56.6 Å². The highest BCUT2D eigenvalue weighted by Gasteiger charge is 2.51. The van der Waals surface area contributed by atoms with Crippen molar-refractivity contribution in [2.75, 3.05) is 20.8 Å². The summed E-state index contributed by atoms with van der Waals surface area (Å²) in [6.45, 7) is 41.1. The van der Waals surface area contributed by atoms with Gasteiger partial charge in [0.1, 0.15) is 17.2 Å². The lowest BCUT2D eigenvalue weighted by Gasteiger charge is -2.36. The maximum atomic E-state index is 12.5. The van der Waals surface area contributed by atoms with Crippen LogP contribution in [0.3, 0.4) is 0 Å². The summed E-state index contributed by atoms with van der Waals surface area (Å²) in [7, 11) is 2.96. The topological polar surface area (TPSA) is 163 Å². The average molecular weight is 1340 g/mol. The molecule has 18 unspecified atom stereocenters. The molecule has 0 radical (unpaired) electrons. The van der Waals surface area contributed by atoms with Gasteiger partial charge in [-0.15, -0.1) is 0 Å².